The molecule has 1 saturated carbocycles. The first-order chi connectivity index (χ1) is 16.8. The summed E-state index contributed by atoms with van der Waals surface area (Å²) in [5.74, 6) is 0.955. The number of aromatic nitrogens is 5. The van der Waals surface area contributed by atoms with Crippen LogP contribution in [0.4, 0.5) is 0 Å². The van der Waals surface area contributed by atoms with E-state index in [4.69, 9.17) is 14.2 Å². The van der Waals surface area contributed by atoms with Crippen LogP contribution in [0.5, 0.6) is 0 Å². The van der Waals surface area contributed by atoms with Gasteiger partial charge in [0.1, 0.15) is 23.5 Å². The van der Waals surface area contributed by atoms with E-state index in [0.29, 0.717) is 24.1 Å². The first-order valence-electron chi connectivity index (χ1n) is 12.4. The Morgan fingerprint density at radius 1 is 1.06 bits per heavy atom. The van der Waals surface area contributed by atoms with Crippen LogP contribution in [-0.2, 0) is 29.8 Å². The lowest BCUT2D eigenvalue weighted by Gasteiger charge is -2.38. The highest BCUT2D eigenvalue weighted by atomic mass is 32.2. The molecule has 2 aromatic heterocycles. The lowest BCUT2D eigenvalue weighted by Crippen LogP contribution is -2.42. The molecule has 0 radical (unpaired) electrons. The van der Waals surface area contributed by atoms with E-state index in [1.807, 2.05) is 18.4 Å². The zero-order chi connectivity index (χ0) is 25.2. The van der Waals surface area contributed by atoms with Crippen LogP contribution < -0.4 is 0 Å². The maximum absolute atomic E-state index is 13.6. The third-order valence-corrected chi connectivity index (χ3v) is 9.66. The van der Waals surface area contributed by atoms with Crippen molar-refractivity contribution in [1.82, 2.24) is 24.7 Å². The van der Waals surface area contributed by atoms with Crippen molar-refractivity contribution in [2.75, 3.05) is 20.8 Å². The number of aryl methyl sites for hydroxylation is 1. The summed E-state index contributed by atoms with van der Waals surface area (Å²) in [7, 11) is -0.240. The van der Waals surface area contributed by atoms with Gasteiger partial charge in [0.15, 0.2) is 15.7 Å². The van der Waals surface area contributed by atoms with E-state index in [9.17, 15) is 8.42 Å². The predicted molar refractivity (Wildman–Crippen MR) is 130 cm³/mol. The summed E-state index contributed by atoms with van der Waals surface area (Å²) in [6.07, 6.45) is 7.38. The number of hydrogen-bond acceptors (Lipinski definition) is 9. The van der Waals surface area contributed by atoms with Crippen LogP contribution >= 0.6 is 0 Å². The van der Waals surface area contributed by atoms with Gasteiger partial charge < -0.3 is 18.8 Å². The first kappa shape index (κ1) is 26.1. The minimum Gasteiger partial charge on any atom is -0.379 e. The monoisotopic (exact) mass is 507 g/mol. The van der Waals surface area contributed by atoms with Gasteiger partial charge in [-0.1, -0.05) is 6.92 Å². The lowest BCUT2D eigenvalue weighted by atomic mass is 9.89. The van der Waals surface area contributed by atoms with Gasteiger partial charge in [0.05, 0.1) is 23.5 Å². The van der Waals surface area contributed by atoms with Gasteiger partial charge in [0.2, 0.25) is 0 Å². The molecule has 0 N–H and O–H groups in total. The Kier molecular flexibility index (Phi) is 8.19. The summed E-state index contributed by atoms with van der Waals surface area (Å²) in [5, 5.41) is 8.15. The van der Waals surface area contributed by atoms with Crippen molar-refractivity contribution in [3.05, 3.63) is 35.4 Å². The Bertz CT molecular complexity index is 1070. The average molecular weight is 508 g/mol. The second kappa shape index (κ2) is 11.0. The van der Waals surface area contributed by atoms with Crippen molar-refractivity contribution in [1.29, 1.82) is 0 Å². The number of nitrogens with zero attached hydrogens (tertiary/aromatic N) is 5. The molecule has 2 unspecified atom stereocenters. The number of sulfone groups is 1. The molecule has 2 aromatic rings. The van der Waals surface area contributed by atoms with E-state index in [2.05, 4.69) is 20.2 Å². The van der Waals surface area contributed by atoms with E-state index in [-0.39, 0.29) is 36.0 Å². The molecule has 3 heterocycles. The summed E-state index contributed by atoms with van der Waals surface area (Å²) in [4.78, 5) is 8.70. The Labute approximate surface area is 207 Å². The molecular formula is C24H37N5O5S. The van der Waals surface area contributed by atoms with Gasteiger partial charge in [-0.05, 0) is 51.5 Å². The Morgan fingerprint density at radius 3 is 2.29 bits per heavy atom. The van der Waals surface area contributed by atoms with Crippen molar-refractivity contribution >= 4 is 9.84 Å². The molecule has 35 heavy (non-hydrogen) atoms. The second-order valence-electron chi connectivity index (χ2n) is 9.74. The Hall–Kier alpha value is -1.95. The third kappa shape index (κ3) is 5.42. The summed E-state index contributed by atoms with van der Waals surface area (Å²) in [6, 6.07) is -0.230. The fourth-order valence-corrected chi connectivity index (χ4v) is 6.74. The van der Waals surface area contributed by atoms with Gasteiger partial charge >= 0.3 is 0 Å². The average Bonchev–Trinajstić information content (AvgIpc) is 3.52. The molecule has 1 aliphatic carbocycles. The minimum absolute atomic E-state index is 0.136. The fourth-order valence-electron chi connectivity index (χ4n) is 5.18. The largest absolute Gasteiger partial charge is 0.379 e. The second-order valence-corrected chi connectivity index (χ2v) is 12.1. The fraction of sp³-hybridized carbons (Fsp3) is 0.750. The third-order valence-electron chi connectivity index (χ3n) is 7.46. The maximum Gasteiger partial charge on any atom is 0.162 e. The van der Waals surface area contributed by atoms with Gasteiger partial charge in [-0.15, -0.1) is 10.2 Å². The number of ether oxygens (including phenoxy) is 3. The van der Waals surface area contributed by atoms with E-state index in [0.717, 1.165) is 37.7 Å². The quantitative estimate of drug-likeness (QED) is 0.504. The van der Waals surface area contributed by atoms with Gasteiger partial charge in [0.25, 0.3) is 0 Å². The predicted octanol–water partition coefficient (Wildman–Crippen LogP) is 3.09. The van der Waals surface area contributed by atoms with Gasteiger partial charge in [-0.25, -0.2) is 18.4 Å². The molecular weight excluding hydrogens is 470 g/mol. The van der Waals surface area contributed by atoms with E-state index in [1.165, 1.54) is 0 Å². The molecule has 1 saturated heterocycles. The van der Waals surface area contributed by atoms with Crippen LogP contribution in [0.3, 0.4) is 0 Å². The molecule has 2 aliphatic rings. The molecule has 0 aromatic carbocycles. The summed E-state index contributed by atoms with van der Waals surface area (Å²) in [5.41, 5.74) is 0.930. The molecule has 4 rings (SSSR count). The molecule has 2 fully saturated rings. The first-order valence-corrected chi connectivity index (χ1v) is 14.1. The molecule has 11 heteroatoms. The smallest absolute Gasteiger partial charge is 0.162 e. The zero-order valence-corrected chi connectivity index (χ0v) is 22.1. The molecule has 0 amide bonds. The highest BCUT2D eigenvalue weighted by Gasteiger charge is 2.41. The van der Waals surface area contributed by atoms with Crippen LogP contribution in [0, 0.1) is 6.92 Å². The van der Waals surface area contributed by atoms with Crippen LogP contribution in [0.15, 0.2) is 12.4 Å². The number of rotatable bonds is 9. The van der Waals surface area contributed by atoms with E-state index >= 15 is 0 Å². The summed E-state index contributed by atoms with van der Waals surface area (Å²) < 4.78 is 46.8. The Balaban J connectivity index is 1.69. The van der Waals surface area contributed by atoms with Gasteiger partial charge in [-0.2, -0.15) is 0 Å². The standard InChI is InChI=1S/C24H37N5O5S/c1-15-12-25-23(26-13-15)16(2)17(3)35(30,31)14-21-27-28-24(20-10-7-11-34-20)29(21)22-18(32-4)8-6-9-19(22)33-5/h12-13,16-20,22H,6-11,14H2,1-5H3/t16-,17-,18-,19+,20?,22?/m0/s1. The van der Waals surface area contributed by atoms with Gasteiger partial charge in [-0.3, -0.25) is 0 Å². The number of hydrogen-bond donors (Lipinski definition) is 0. The van der Waals surface area contributed by atoms with E-state index in [1.54, 1.807) is 33.5 Å². The molecule has 1 aliphatic heterocycles. The van der Waals surface area contributed by atoms with Crippen molar-refractivity contribution in [3.63, 3.8) is 0 Å². The lowest BCUT2D eigenvalue weighted by molar-refractivity contribution is -0.0595. The van der Waals surface area contributed by atoms with Crippen LogP contribution in [0.1, 0.15) is 87.1 Å². The molecule has 0 spiro atoms. The van der Waals surface area contributed by atoms with Crippen molar-refractivity contribution in [3.8, 4) is 0 Å². The minimum atomic E-state index is -3.62. The molecule has 6 atom stereocenters. The zero-order valence-electron chi connectivity index (χ0n) is 21.3. The molecule has 10 nitrogen and oxygen atoms in total. The van der Waals surface area contributed by atoms with Crippen LogP contribution in [-0.4, -0.2) is 71.4 Å². The van der Waals surface area contributed by atoms with Crippen molar-refractivity contribution < 1.29 is 22.6 Å². The molecule has 0 bridgehead atoms. The van der Waals surface area contributed by atoms with Crippen molar-refractivity contribution in [2.24, 2.45) is 0 Å². The Morgan fingerprint density at radius 2 is 1.71 bits per heavy atom. The normalized spacial score (nSPS) is 27.1. The maximum atomic E-state index is 13.6. The summed E-state index contributed by atoms with van der Waals surface area (Å²) >= 11 is 0. The van der Waals surface area contributed by atoms with E-state index < -0.39 is 15.1 Å². The highest BCUT2D eigenvalue weighted by molar-refractivity contribution is 7.91. The van der Waals surface area contributed by atoms with Crippen molar-refractivity contribution in [2.45, 2.75) is 94.1 Å². The number of methoxy groups -OCH3 is 2. The van der Waals surface area contributed by atoms with Crippen LogP contribution in [0.2, 0.25) is 0 Å². The summed E-state index contributed by atoms with van der Waals surface area (Å²) in [6.45, 7) is 6.11. The van der Waals surface area contributed by atoms with Crippen LogP contribution in [0.25, 0.3) is 0 Å². The SMILES string of the molecule is CO[C@H]1CCC[C@@H](OC)C1n1c(CS(=O)(=O)[C@@H](C)[C@H](C)c2ncc(C)cn2)nnc1C1CCCO1. The van der Waals surface area contributed by atoms with Gasteiger partial charge in [0, 0.05) is 39.1 Å². The highest BCUT2D eigenvalue weighted by Crippen LogP contribution is 2.38. The topological polar surface area (TPSA) is 118 Å². The molecule has 194 valence electrons.